The highest BCUT2D eigenvalue weighted by Gasteiger charge is 2.37. The first-order valence-corrected chi connectivity index (χ1v) is 4.42. The van der Waals surface area contributed by atoms with Gasteiger partial charge in [0.05, 0.1) is 5.92 Å². The van der Waals surface area contributed by atoms with Crippen molar-refractivity contribution < 1.29 is 13.2 Å². The molecule has 0 nitrogen and oxygen atoms in total. The molecule has 0 radical (unpaired) electrons. The van der Waals surface area contributed by atoms with Crippen molar-refractivity contribution in [3.05, 3.63) is 11.0 Å². The van der Waals surface area contributed by atoms with E-state index < -0.39 is 12.1 Å². The van der Waals surface area contributed by atoms with Crippen LogP contribution in [0.1, 0.15) is 13.8 Å². The maximum absolute atomic E-state index is 12.0. The SMILES string of the molecule is C/C=C(\SC)C(C)C(F)(F)F. The fraction of sp³-hybridized carbons (Fsp3) is 0.714. The van der Waals surface area contributed by atoms with Gasteiger partial charge in [0.15, 0.2) is 0 Å². The predicted octanol–water partition coefficient (Wildman–Crippen LogP) is 3.45. The predicted molar refractivity (Wildman–Crippen MR) is 42.5 cm³/mol. The van der Waals surface area contributed by atoms with Gasteiger partial charge in [0, 0.05) is 0 Å². The van der Waals surface area contributed by atoms with Gasteiger partial charge in [0.2, 0.25) is 0 Å². The molecule has 0 aromatic rings. The molecule has 0 aliphatic heterocycles. The summed E-state index contributed by atoms with van der Waals surface area (Å²) in [5.74, 6) is -1.33. The summed E-state index contributed by atoms with van der Waals surface area (Å²) in [5, 5.41) is 0. The van der Waals surface area contributed by atoms with Crippen LogP contribution in [-0.2, 0) is 0 Å². The molecule has 4 heteroatoms. The minimum absolute atomic E-state index is 0.373. The van der Waals surface area contributed by atoms with Crippen LogP contribution in [0.3, 0.4) is 0 Å². The molecule has 0 saturated carbocycles. The Hall–Kier alpha value is -0.120. The highest BCUT2D eigenvalue weighted by Crippen LogP contribution is 2.35. The third kappa shape index (κ3) is 3.18. The van der Waals surface area contributed by atoms with Crippen LogP contribution in [0.5, 0.6) is 0 Å². The number of halogens is 3. The van der Waals surface area contributed by atoms with Gasteiger partial charge in [0.25, 0.3) is 0 Å². The molecular weight excluding hydrogens is 173 g/mol. The summed E-state index contributed by atoms with van der Waals surface area (Å²) in [6.07, 6.45) is -0.953. The van der Waals surface area contributed by atoms with Crippen molar-refractivity contribution >= 4 is 11.8 Å². The van der Waals surface area contributed by atoms with Gasteiger partial charge >= 0.3 is 6.18 Å². The van der Waals surface area contributed by atoms with E-state index in [4.69, 9.17) is 0 Å². The van der Waals surface area contributed by atoms with Gasteiger partial charge in [-0.2, -0.15) is 13.2 Å². The zero-order chi connectivity index (χ0) is 9.07. The molecule has 66 valence electrons. The molecular formula is C7H11F3S. The number of allylic oxidation sites excluding steroid dienone is 2. The van der Waals surface area contributed by atoms with Crippen molar-refractivity contribution in [3.8, 4) is 0 Å². The average Bonchev–Trinajstić information content (AvgIpc) is 1.88. The summed E-state index contributed by atoms with van der Waals surface area (Å²) < 4.78 is 36.1. The second-order valence-electron chi connectivity index (χ2n) is 2.16. The van der Waals surface area contributed by atoms with Crippen molar-refractivity contribution in [3.63, 3.8) is 0 Å². The number of rotatable bonds is 2. The topological polar surface area (TPSA) is 0 Å². The van der Waals surface area contributed by atoms with Gasteiger partial charge in [-0.15, -0.1) is 11.8 Å². The summed E-state index contributed by atoms with van der Waals surface area (Å²) >= 11 is 1.15. The molecule has 0 rings (SSSR count). The third-order valence-corrected chi connectivity index (χ3v) is 2.50. The van der Waals surface area contributed by atoms with Gasteiger partial charge in [0.1, 0.15) is 0 Å². The molecule has 0 bridgehead atoms. The molecule has 0 fully saturated rings. The lowest BCUT2D eigenvalue weighted by Crippen LogP contribution is -2.20. The van der Waals surface area contributed by atoms with E-state index in [1.54, 1.807) is 13.2 Å². The van der Waals surface area contributed by atoms with Crippen LogP contribution in [0.2, 0.25) is 0 Å². The molecule has 0 saturated heterocycles. The lowest BCUT2D eigenvalue weighted by atomic mass is 10.1. The molecule has 0 aliphatic rings. The van der Waals surface area contributed by atoms with Gasteiger partial charge in [-0.05, 0) is 25.0 Å². The average molecular weight is 184 g/mol. The zero-order valence-electron chi connectivity index (χ0n) is 6.70. The first kappa shape index (κ1) is 10.9. The van der Waals surface area contributed by atoms with E-state index in [1.165, 1.54) is 13.0 Å². The Bertz CT molecular complexity index is 148. The number of thioether (sulfide) groups is 1. The summed E-state index contributed by atoms with van der Waals surface area (Å²) in [7, 11) is 0. The lowest BCUT2D eigenvalue weighted by molar-refractivity contribution is -0.157. The van der Waals surface area contributed by atoms with Gasteiger partial charge in [-0.25, -0.2) is 0 Å². The first-order chi connectivity index (χ1) is 4.93. The first-order valence-electron chi connectivity index (χ1n) is 3.20. The molecule has 0 amide bonds. The molecule has 0 N–H and O–H groups in total. The highest BCUT2D eigenvalue weighted by atomic mass is 32.2. The van der Waals surface area contributed by atoms with Crippen molar-refractivity contribution in [2.24, 2.45) is 5.92 Å². The Morgan fingerprint density at radius 2 is 1.91 bits per heavy atom. The molecule has 11 heavy (non-hydrogen) atoms. The lowest BCUT2D eigenvalue weighted by Gasteiger charge is -2.16. The fourth-order valence-corrected chi connectivity index (χ4v) is 1.43. The van der Waals surface area contributed by atoms with Gasteiger partial charge < -0.3 is 0 Å². The van der Waals surface area contributed by atoms with Crippen LogP contribution in [-0.4, -0.2) is 12.4 Å². The van der Waals surface area contributed by atoms with Crippen LogP contribution in [0.4, 0.5) is 13.2 Å². The quantitative estimate of drug-likeness (QED) is 0.633. The van der Waals surface area contributed by atoms with E-state index in [9.17, 15) is 13.2 Å². The van der Waals surface area contributed by atoms with Crippen LogP contribution < -0.4 is 0 Å². The van der Waals surface area contributed by atoms with Gasteiger partial charge in [-0.1, -0.05) is 6.08 Å². The number of alkyl halides is 3. The van der Waals surface area contributed by atoms with Crippen LogP contribution in [0, 0.1) is 5.92 Å². The Morgan fingerprint density at radius 3 is 2.00 bits per heavy atom. The fourth-order valence-electron chi connectivity index (χ4n) is 0.706. The smallest absolute Gasteiger partial charge is 0.170 e. The molecule has 0 aliphatic carbocycles. The van der Waals surface area contributed by atoms with E-state index in [0.717, 1.165) is 11.8 Å². The Morgan fingerprint density at radius 1 is 1.45 bits per heavy atom. The molecule has 0 spiro atoms. The standard InChI is InChI=1S/C7H11F3S/c1-4-6(11-3)5(2)7(8,9)10/h4-5H,1-3H3/b6-4-. The zero-order valence-corrected chi connectivity index (χ0v) is 7.51. The largest absolute Gasteiger partial charge is 0.395 e. The Labute approximate surface area is 68.9 Å². The summed E-state index contributed by atoms with van der Waals surface area (Å²) in [6, 6.07) is 0. The Kier molecular flexibility index (Phi) is 4.00. The van der Waals surface area contributed by atoms with E-state index in [2.05, 4.69) is 0 Å². The molecule has 1 atom stereocenters. The maximum Gasteiger partial charge on any atom is 0.395 e. The normalized spacial score (nSPS) is 16.7. The summed E-state index contributed by atoms with van der Waals surface area (Å²) in [5.41, 5.74) is 0. The van der Waals surface area contributed by atoms with Crippen LogP contribution in [0.25, 0.3) is 0 Å². The maximum atomic E-state index is 12.0. The minimum atomic E-state index is -4.11. The highest BCUT2D eigenvalue weighted by molar-refractivity contribution is 8.02. The summed E-state index contributed by atoms with van der Waals surface area (Å²) in [4.78, 5) is 0.373. The Balaban J connectivity index is 4.34. The second-order valence-corrected chi connectivity index (χ2v) is 3.04. The third-order valence-electron chi connectivity index (χ3n) is 1.44. The number of hydrogen-bond donors (Lipinski definition) is 0. The second kappa shape index (κ2) is 4.04. The minimum Gasteiger partial charge on any atom is -0.170 e. The van der Waals surface area contributed by atoms with Crippen molar-refractivity contribution in [1.29, 1.82) is 0 Å². The van der Waals surface area contributed by atoms with E-state index in [0.29, 0.717) is 4.91 Å². The molecule has 0 aromatic carbocycles. The molecule has 0 heterocycles. The van der Waals surface area contributed by atoms with Crippen molar-refractivity contribution in [2.75, 3.05) is 6.26 Å². The molecule has 1 unspecified atom stereocenters. The van der Waals surface area contributed by atoms with E-state index >= 15 is 0 Å². The van der Waals surface area contributed by atoms with Crippen molar-refractivity contribution in [1.82, 2.24) is 0 Å². The van der Waals surface area contributed by atoms with E-state index in [1.807, 2.05) is 0 Å². The molecule has 0 aromatic heterocycles. The van der Waals surface area contributed by atoms with Gasteiger partial charge in [-0.3, -0.25) is 0 Å². The summed E-state index contributed by atoms with van der Waals surface area (Å²) in [6.45, 7) is 2.79. The monoisotopic (exact) mass is 184 g/mol. The van der Waals surface area contributed by atoms with Crippen LogP contribution in [0.15, 0.2) is 11.0 Å². The van der Waals surface area contributed by atoms with Crippen LogP contribution >= 0.6 is 11.8 Å². The van der Waals surface area contributed by atoms with E-state index in [-0.39, 0.29) is 0 Å². The van der Waals surface area contributed by atoms with Crippen molar-refractivity contribution in [2.45, 2.75) is 20.0 Å². The number of hydrogen-bond acceptors (Lipinski definition) is 1.